The minimum Gasteiger partial charge on any atom is -0.496 e. The molecule has 1 N–H and O–H groups in total. The zero-order valence-corrected chi connectivity index (χ0v) is 15.3. The monoisotopic (exact) mass is 374 g/mol. The molecule has 0 fully saturated rings. The lowest BCUT2D eigenvalue weighted by atomic mass is 10.3. The first-order valence-electron chi connectivity index (χ1n) is 6.20. The van der Waals surface area contributed by atoms with Crippen molar-refractivity contribution in [2.24, 2.45) is 0 Å². The number of hydrogen-bond donors (Lipinski definition) is 1. The van der Waals surface area contributed by atoms with Crippen LogP contribution < -0.4 is 10.0 Å². The summed E-state index contributed by atoms with van der Waals surface area (Å²) >= 11 is 6.53. The van der Waals surface area contributed by atoms with Crippen LogP contribution in [-0.4, -0.2) is 26.7 Å². The smallest absolute Gasteiger partial charge is 0.175 e. The Balaban J connectivity index is 2.32. The Labute approximate surface area is 139 Å². The number of benzene rings is 2. The van der Waals surface area contributed by atoms with Crippen LogP contribution in [0, 0.1) is 0 Å². The van der Waals surface area contributed by atoms with E-state index in [1.54, 1.807) is 25.3 Å². The molecule has 2 aromatic carbocycles. The number of rotatable bonds is 5. The maximum Gasteiger partial charge on any atom is 0.175 e. The van der Waals surface area contributed by atoms with E-state index in [0.29, 0.717) is 11.1 Å². The van der Waals surface area contributed by atoms with Gasteiger partial charge >= 0.3 is 0 Å². The second-order valence-electron chi connectivity index (χ2n) is 4.53. The normalized spacial score (nSPS) is 14.3. The molecule has 0 radical (unpaired) electrons. The van der Waals surface area contributed by atoms with Gasteiger partial charge in [-0.15, -0.1) is 0 Å². The summed E-state index contributed by atoms with van der Waals surface area (Å²) in [5.41, 5.74) is -2.90. The van der Waals surface area contributed by atoms with Crippen LogP contribution in [0.15, 0.2) is 58.3 Å². The van der Waals surface area contributed by atoms with Crippen molar-refractivity contribution in [2.45, 2.75) is 9.79 Å². The number of hydrogen-bond acceptors (Lipinski definition) is 5. The average Bonchev–Trinajstić information content (AvgIpc) is 2.47. The van der Waals surface area contributed by atoms with Gasteiger partial charge in [0.1, 0.15) is 5.75 Å². The molecule has 2 rings (SSSR count). The van der Waals surface area contributed by atoms with Gasteiger partial charge in [0.2, 0.25) is 0 Å². The second-order valence-corrected chi connectivity index (χ2v) is 13.1. The number of para-hydroxylation sites is 1. The molecule has 0 bridgehead atoms. The summed E-state index contributed by atoms with van der Waals surface area (Å²) < 4.78 is 28.2. The van der Waals surface area contributed by atoms with Crippen molar-refractivity contribution >= 4 is 43.8 Å². The molecule has 8 heteroatoms. The highest BCUT2D eigenvalue weighted by molar-refractivity contribution is 8.71. The summed E-state index contributed by atoms with van der Waals surface area (Å²) in [4.78, 5) is 11.6. The maximum atomic E-state index is 11.5. The lowest BCUT2D eigenvalue weighted by Gasteiger charge is -2.17. The van der Waals surface area contributed by atoms with Crippen LogP contribution in [0.25, 0.3) is 0 Å². The van der Waals surface area contributed by atoms with Gasteiger partial charge in [0, 0.05) is 11.6 Å². The molecule has 1 unspecified atom stereocenters. The molecule has 0 saturated heterocycles. The van der Waals surface area contributed by atoms with E-state index in [0.717, 1.165) is 11.2 Å². The zero-order valence-electron chi connectivity index (χ0n) is 12.0. The van der Waals surface area contributed by atoms with Gasteiger partial charge in [-0.3, -0.25) is 0 Å². The van der Waals surface area contributed by atoms with Crippen LogP contribution in [-0.2, 0) is 21.6 Å². The Hall–Kier alpha value is -0.850. The average molecular weight is 374 g/mol. The predicted molar refractivity (Wildman–Crippen MR) is 94.5 cm³/mol. The Morgan fingerprint density at radius 3 is 2.27 bits per heavy atom. The van der Waals surface area contributed by atoms with Gasteiger partial charge in [-0.25, -0.2) is 8.42 Å². The highest BCUT2D eigenvalue weighted by atomic mass is 32.9. The fourth-order valence-electron chi connectivity index (χ4n) is 1.76. The Kier molecular flexibility index (Phi) is 5.35. The van der Waals surface area contributed by atoms with Gasteiger partial charge in [-0.2, -0.15) is 0 Å². The first-order chi connectivity index (χ1) is 10.2. The minimum absolute atomic E-state index is 0.202. The van der Waals surface area contributed by atoms with Crippen molar-refractivity contribution < 1.29 is 18.0 Å². The van der Waals surface area contributed by atoms with E-state index in [4.69, 9.17) is 16.5 Å². The molecule has 2 aromatic rings. The third-order valence-corrected chi connectivity index (χ3v) is 9.01. The molecule has 1 atom stereocenters. The highest BCUT2D eigenvalue weighted by Gasteiger charge is 2.20. The molecule has 0 aromatic heterocycles. The van der Waals surface area contributed by atoms with E-state index in [1.165, 1.54) is 23.5 Å². The van der Waals surface area contributed by atoms with Crippen LogP contribution in [0.1, 0.15) is 0 Å². The van der Waals surface area contributed by atoms with Gasteiger partial charge in [0.15, 0.2) is 15.3 Å². The number of methoxy groups -OCH3 is 1. The molecule has 0 aliphatic heterocycles. The Morgan fingerprint density at radius 2 is 1.73 bits per heavy atom. The molecule has 0 spiro atoms. The molecule has 0 saturated carbocycles. The Morgan fingerprint density at radius 1 is 1.14 bits per heavy atom. The SMILES string of the molecule is COc1ccccc1SP(O)(=S)c1ccc(S(C)(=O)=O)cc1. The third kappa shape index (κ3) is 4.12. The predicted octanol–water partition coefficient (Wildman–Crippen LogP) is 2.82. The van der Waals surface area contributed by atoms with E-state index in [2.05, 4.69) is 0 Å². The summed E-state index contributed by atoms with van der Waals surface area (Å²) in [6.07, 6.45) is 1.14. The van der Waals surface area contributed by atoms with E-state index < -0.39 is 15.3 Å². The standard InChI is InChI=1S/C14H15O4PS3/c1-18-13-5-3-4-6-14(13)21-19(15,20)11-7-9-12(10-8-11)22(2,16)17/h3-10H,1-2H3,(H,15,20). The van der Waals surface area contributed by atoms with Crippen LogP contribution >= 0.6 is 16.8 Å². The van der Waals surface area contributed by atoms with Crippen LogP contribution in [0.3, 0.4) is 0 Å². The molecule has 118 valence electrons. The molecule has 0 aliphatic rings. The summed E-state index contributed by atoms with van der Waals surface area (Å²) in [7, 11) is -1.71. The van der Waals surface area contributed by atoms with E-state index in [9.17, 15) is 13.3 Å². The summed E-state index contributed by atoms with van der Waals surface area (Å²) in [6, 6.07) is 13.4. The van der Waals surface area contributed by atoms with E-state index >= 15 is 0 Å². The number of sulfone groups is 1. The number of ether oxygens (including phenoxy) is 1. The van der Waals surface area contributed by atoms with Crippen LogP contribution in [0.2, 0.25) is 0 Å². The molecule has 4 nitrogen and oxygen atoms in total. The lowest BCUT2D eigenvalue weighted by molar-refractivity contribution is 0.405. The molecular weight excluding hydrogens is 359 g/mol. The third-order valence-electron chi connectivity index (χ3n) is 2.88. The zero-order chi connectivity index (χ0) is 16.4. The van der Waals surface area contributed by atoms with Gasteiger partial charge in [0.05, 0.1) is 16.9 Å². The van der Waals surface area contributed by atoms with Crippen molar-refractivity contribution in [3.8, 4) is 5.75 Å². The fraction of sp³-hybridized carbons (Fsp3) is 0.143. The largest absolute Gasteiger partial charge is 0.496 e. The molecule has 0 aliphatic carbocycles. The van der Waals surface area contributed by atoms with Gasteiger partial charge < -0.3 is 9.63 Å². The topological polar surface area (TPSA) is 63.6 Å². The molecular formula is C14H15O4PS3. The van der Waals surface area contributed by atoms with E-state index in [-0.39, 0.29) is 4.90 Å². The lowest BCUT2D eigenvalue weighted by Crippen LogP contribution is -2.04. The fourth-order valence-corrected chi connectivity index (χ4v) is 6.69. The van der Waals surface area contributed by atoms with Gasteiger partial charge in [0.25, 0.3) is 0 Å². The highest BCUT2D eigenvalue weighted by Crippen LogP contribution is 2.59. The summed E-state index contributed by atoms with van der Waals surface area (Å²) in [5, 5.41) is 0.547. The van der Waals surface area contributed by atoms with Crippen molar-refractivity contribution in [1.82, 2.24) is 0 Å². The summed E-state index contributed by atoms with van der Waals surface area (Å²) in [6.45, 7) is 0. The van der Waals surface area contributed by atoms with Gasteiger partial charge in [-0.05, 0) is 36.4 Å². The van der Waals surface area contributed by atoms with Gasteiger partial charge in [-0.1, -0.05) is 35.3 Å². The molecule has 22 heavy (non-hydrogen) atoms. The summed E-state index contributed by atoms with van der Waals surface area (Å²) in [5.74, 6) is 0.642. The minimum atomic E-state index is -3.26. The Bertz CT molecular complexity index is 816. The van der Waals surface area contributed by atoms with Crippen molar-refractivity contribution in [2.75, 3.05) is 13.4 Å². The van der Waals surface area contributed by atoms with Crippen molar-refractivity contribution in [3.63, 3.8) is 0 Å². The molecule has 0 amide bonds. The second kappa shape index (κ2) is 6.72. The van der Waals surface area contributed by atoms with Crippen LogP contribution in [0.5, 0.6) is 5.75 Å². The first kappa shape index (κ1) is 17.5. The van der Waals surface area contributed by atoms with Crippen LogP contribution in [0.4, 0.5) is 0 Å². The van der Waals surface area contributed by atoms with Crippen molar-refractivity contribution in [1.29, 1.82) is 0 Å². The quantitative estimate of drug-likeness (QED) is 0.812. The maximum absolute atomic E-state index is 11.5. The molecule has 0 heterocycles. The van der Waals surface area contributed by atoms with E-state index in [1.807, 2.05) is 18.2 Å². The first-order valence-corrected chi connectivity index (χ1v) is 12.3. The van der Waals surface area contributed by atoms with Crippen molar-refractivity contribution in [3.05, 3.63) is 48.5 Å².